The molecule has 0 saturated carbocycles. The standard InChI is InChI=1S/C14H18N4O3/c1-10-13(18(19)20)14(17(2)16-10)15-8-11-6-4-5-7-12(11)9-21-3/h4-7,15H,8-9H2,1-3H3. The zero-order valence-electron chi connectivity index (χ0n) is 12.3. The topological polar surface area (TPSA) is 82.2 Å². The van der Waals surface area contributed by atoms with E-state index in [2.05, 4.69) is 10.4 Å². The summed E-state index contributed by atoms with van der Waals surface area (Å²) < 4.78 is 6.65. The van der Waals surface area contributed by atoms with Gasteiger partial charge in [-0.2, -0.15) is 5.10 Å². The van der Waals surface area contributed by atoms with Crippen LogP contribution in [0.4, 0.5) is 11.5 Å². The number of ether oxygens (including phenoxy) is 1. The Labute approximate surface area is 122 Å². The number of hydrogen-bond acceptors (Lipinski definition) is 5. The van der Waals surface area contributed by atoms with Gasteiger partial charge in [0.25, 0.3) is 0 Å². The van der Waals surface area contributed by atoms with Crippen molar-refractivity contribution in [1.29, 1.82) is 0 Å². The van der Waals surface area contributed by atoms with Crippen LogP contribution >= 0.6 is 0 Å². The zero-order chi connectivity index (χ0) is 15.4. The van der Waals surface area contributed by atoms with Gasteiger partial charge in [-0.25, -0.2) is 4.68 Å². The van der Waals surface area contributed by atoms with E-state index in [0.29, 0.717) is 24.7 Å². The second kappa shape index (κ2) is 6.36. The minimum Gasteiger partial charge on any atom is -0.380 e. The molecule has 1 N–H and O–H groups in total. The predicted octanol–water partition coefficient (Wildman–Crippen LogP) is 2.40. The number of nitrogens with one attached hydrogen (secondary N) is 1. The molecule has 0 aliphatic rings. The first-order valence-corrected chi connectivity index (χ1v) is 6.52. The third kappa shape index (κ3) is 3.19. The molecule has 2 aromatic rings. The van der Waals surface area contributed by atoms with Gasteiger partial charge in [-0.1, -0.05) is 24.3 Å². The molecule has 0 aliphatic heterocycles. The van der Waals surface area contributed by atoms with Crippen LogP contribution in [0.25, 0.3) is 0 Å². The summed E-state index contributed by atoms with van der Waals surface area (Å²) in [6.07, 6.45) is 0. The molecular formula is C14H18N4O3. The van der Waals surface area contributed by atoms with Crippen molar-refractivity contribution in [3.63, 3.8) is 0 Å². The molecule has 112 valence electrons. The van der Waals surface area contributed by atoms with Crippen LogP contribution in [0.5, 0.6) is 0 Å². The number of nitrogens with zero attached hydrogens (tertiary/aromatic N) is 3. The van der Waals surface area contributed by atoms with Gasteiger partial charge in [-0.05, 0) is 18.1 Å². The van der Waals surface area contributed by atoms with Crippen molar-refractivity contribution in [3.05, 3.63) is 51.2 Å². The highest BCUT2D eigenvalue weighted by Crippen LogP contribution is 2.27. The van der Waals surface area contributed by atoms with Gasteiger partial charge in [0.15, 0.2) is 0 Å². The van der Waals surface area contributed by atoms with E-state index in [1.54, 1.807) is 21.1 Å². The van der Waals surface area contributed by atoms with Crippen molar-refractivity contribution < 1.29 is 9.66 Å². The molecule has 7 heteroatoms. The van der Waals surface area contributed by atoms with E-state index in [-0.39, 0.29) is 5.69 Å². The third-order valence-electron chi connectivity index (χ3n) is 3.24. The molecule has 0 unspecified atom stereocenters. The Kier molecular flexibility index (Phi) is 4.54. The van der Waals surface area contributed by atoms with Crippen LogP contribution in [0.1, 0.15) is 16.8 Å². The second-order valence-electron chi connectivity index (χ2n) is 4.72. The van der Waals surface area contributed by atoms with E-state index in [4.69, 9.17) is 4.74 Å². The lowest BCUT2D eigenvalue weighted by atomic mass is 10.1. The van der Waals surface area contributed by atoms with Crippen LogP contribution in [0.15, 0.2) is 24.3 Å². The van der Waals surface area contributed by atoms with Gasteiger partial charge in [-0.15, -0.1) is 0 Å². The highest BCUT2D eigenvalue weighted by molar-refractivity contribution is 5.59. The first-order valence-electron chi connectivity index (χ1n) is 6.52. The quantitative estimate of drug-likeness (QED) is 0.652. The molecule has 0 amide bonds. The van der Waals surface area contributed by atoms with Gasteiger partial charge in [-0.3, -0.25) is 10.1 Å². The molecule has 0 radical (unpaired) electrons. The Morgan fingerprint density at radius 2 is 2.05 bits per heavy atom. The van der Waals surface area contributed by atoms with Crippen molar-refractivity contribution >= 4 is 11.5 Å². The summed E-state index contributed by atoms with van der Waals surface area (Å²) in [5.74, 6) is 0.407. The summed E-state index contributed by atoms with van der Waals surface area (Å²) in [6, 6.07) is 7.81. The number of anilines is 1. The van der Waals surface area contributed by atoms with Crippen molar-refractivity contribution in [2.24, 2.45) is 7.05 Å². The number of rotatable bonds is 6. The average Bonchev–Trinajstić information content (AvgIpc) is 2.72. The van der Waals surface area contributed by atoms with Gasteiger partial charge in [0.2, 0.25) is 5.82 Å². The molecular weight excluding hydrogens is 272 g/mol. The zero-order valence-corrected chi connectivity index (χ0v) is 12.3. The van der Waals surface area contributed by atoms with Crippen molar-refractivity contribution in [2.45, 2.75) is 20.1 Å². The highest BCUT2D eigenvalue weighted by atomic mass is 16.6. The predicted molar refractivity (Wildman–Crippen MR) is 79.1 cm³/mol. The van der Waals surface area contributed by atoms with Gasteiger partial charge in [0.1, 0.15) is 5.69 Å². The molecule has 0 fully saturated rings. The van der Waals surface area contributed by atoms with E-state index in [1.165, 1.54) is 4.68 Å². The molecule has 1 aromatic heterocycles. The fourth-order valence-corrected chi connectivity index (χ4v) is 2.27. The second-order valence-corrected chi connectivity index (χ2v) is 4.72. The first kappa shape index (κ1) is 15.0. The maximum absolute atomic E-state index is 11.1. The first-order chi connectivity index (χ1) is 10.0. The fourth-order valence-electron chi connectivity index (χ4n) is 2.27. The fraction of sp³-hybridized carbons (Fsp3) is 0.357. The van der Waals surface area contributed by atoms with Crippen LogP contribution < -0.4 is 5.32 Å². The molecule has 0 bridgehead atoms. The minimum atomic E-state index is -0.411. The SMILES string of the molecule is COCc1ccccc1CNc1c([N+](=O)[O-])c(C)nn1C. The van der Waals surface area contributed by atoms with Gasteiger partial charge in [0.05, 0.1) is 11.5 Å². The van der Waals surface area contributed by atoms with Crippen LogP contribution in [0.2, 0.25) is 0 Å². The normalized spacial score (nSPS) is 10.6. The summed E-state index contributed by atoms with van der Waals surface area (Å²) in [4.78, 5) is 10.7. The van der Waals surface area contributed by atoms with E-state index >= 15 is 0 Å². The largest absolute Gasteiger partial charge is 0.380 e. The average molecular weight is 290 g/mol. The Bertz CT molecular complexity index is 652. The van der Waals surface area contributed by atoms with Crippen molar-refractivity contribution in [3.8, 4) is 0 Å². The van der Waals surface area contributed by atoms with E-state index < -0.39 is 4.92 Å². The molecule has 2 rings (SSSR count). The summed E-state index contributed by atoms with van der Waals surface area (Å²) in [5, 5.41) is 18.3. The van der Waals surface area contributed by atoms with Gasteiger partial charge in [0, 0.05) is 20.7 Å². The lowest BCUT2D eigenvalue weighted by Crippen LogP contribution is -2.08. The molecule has 0 aliphatic carbocycles. The number of hydrogen-bond donors (Lipinski definition) is 1. The van der Waals surface area contributed by atoms with E-state index in [9.17, 15) is 10.1 Å². The summed E-state index contributed by atoms with van der Waals surface area (Å²) in [6.45, 7) is 2.60. The molecule has 0 saturated heterocycles. The molecule has 0 spiro atoms. The molecule has 21 heavy (non-hydrogen) atoms. The summed E-state index contributed by atoms with van der Waals surface area (Å²) in [5.41, 5.74) is 2.50. The van der Waals surface area contributed by atoms with Crippen LogP contribution in [-0.4, -0.2) is 21.8 Å². The van der Waals surface area contributed by atoms with Gasteiger partial charge < -0.3 is 10.1 Å². The van der Waals surface area contributed by atoms with Crippen molar-refractivity contribution in [1.82, 2.24) is 9.78 Å². The van der Waals surface area contributed by atoms with Crippen LogP contribution in [0.3, 0.4) is 0 Å². The van der Waals surface area contributed by atoms with Crippen LogP contribution in [-0.2, 0) is 24.9 Å². The monoisotopic (exact) mass is 290 g/mol. The van der Waals surface area contributed by atoms with Gasteiger partial charge >= 0.3 is 5.69 Å². The van der Waals surface area contributed by atoms with E-state index in [0.717, 1.165) is 11.1 Å². The number of aryl methyl sites for hydroxylation is 2. The molecule has 1 aromatic carbocycles. The lowest BCUT2D eigenvalue weighted by Gasteiger charge is -2.10. The Hall–Kier alpha value is -2.41. The maximum atomic E-state index is 11.1. The number of nitro groups is 1. The number of aromatic nitrogens is 2. The number of methoxy groups -OCH3 is 1. The molecule has 0 atom stereocenters. The third-order valence-corrected chi connectivity index (χ3v) is 3.24. The molecule has 7 nitrogen and oxygen atoms in total. The van der Waals surface area contributed by atoms with Crippen LogP contribution in [0, 0.1) is 17.0 Å². The smallest absolute Gasteiger partial charge is 0.333 e. The Morgan fingerprint density at radius 1 is 1.38 bits per heavy atom. The maximum Gasteiger partial charge on any atom is 0.333 e. The number of benzene rings is 1. The summed E-state index contributed by atoms with van der Waals surface area (Å²) >= 11 is 0. The lowest BCUT2D eigenvalue weighted by molar-refractivity contribution is -0.384. The highest BCUT2D eigenvalue weighted by Gasteiger charge is 2.23. The summed E-state index contributed by atoms with van der Waals surface area (Å²) in [7, 11) is 3.32. The Morgan fingerprint density at radius 3 is 2.67 bits per heavy atom. The molecule has 1 heterocycles. The Balaban J connectivity index is 2.23. The minimum absolute atomic E-state index is 0.0155. The van der Waals surface area contributed by atoms with Crippen molar-refractivity contribution in [2.75, 3.05) is 12.4 Å². The van der Waals surface area contributed by atoms with E-state index in [1.807, 2.05) is 24.3 Å².